The van der Waals surface area contributed by atoms with Gasteiger partial charge in [0.1, 0.15) is 6.61 Å². The highest BCUT2D eigenvalue weighted by molar-refractivity contribution is 9.10. The molecule has 160 valence electrons. The summed E-state index contributed by atoms with van der Waals surface area (Å²) in [6, 6.07) is 10.9. The van der Waals surface area contributed by atoms with Crippen molar-refractivity contribution in [2.75, 3.05) is 20.3 Å². The van der Waals surface area contributed by atoms with E-state index in [9.17, 15) is 4.79 Å². The quantitative estimate of drug-likeness (QED) is 0.326. The fraction of sp³-hybridized carbons (Fsp3) is 0.217. The summed E-state index contributed by atoms with van der Waals surface area (Å²) in [5.74, 6) is 3.39. The van der Waals surface area contributed by atoms with Gasteiger partial charge in [-0.15, -0.1) is 6.42 Å². The Kier molecular flexibility index (Phi) is 8.08. The molecule has 1 fully saturated rings. The molecule has 2 aromatic rings. The Morgan fingerprint density at radius 3 is 2.71 bits per heavy atom. The van der Waals surface area contributed by atoms with Gasteiger partial charge in [0.05, 0.1) is 22.2 Å². The van der Waals surface area contributed by atoms with E-state index in [1.165, 1.54) is 11.8 Å². The van der Waals surface area contributed by atoms with Crippen LogP contribution in [0.2, 0.25) is 5.02 Å². The van der Waals surface area contributed by atoms with E-state index in [4.69, 9.17) is 27.5 Å². The Morgan fingerprint density at radius 2 is 2.06 bits per heavy atom. The molecule has 0 aromatic heterocycles. The summed E-state index contributed by atoms with van der Waals surface area (Å²) in [7, 11) is 1.55. The van der Waals surface area contributed by atoms with Gasteiger partial charge in [-0.25, -0.2) is 4.99 Å². The van der Waals surface area contributed by atoms with Crippen LogP contribution in [0.4, 0.5) is 5.69 Å². The number of hydrogen-bond donors (Lipinski definition) is 0. The van der Waals surface area contributed by atoms with Gasteiger partial charge in [0.25, 0.3) is 5.91 Å². The number of aliphatic imine (C=N–C) groups is 1. The van der Waals surface area contributed by atoms with Crippen LogP contribution < -0.4 is 9.47 Å². The summed E-state index contributed by atoms with van der Waals surface area (Å²) in [6.07, 6.45) is 7.92. The van der Waals surface area contributed by atoms with E-state index in [0.717, 1.165) is 17.7 Å². The summed E-state index contributed by atoms with van der Waals surface area (Å²) in [5.41, 5.74) is 1.53. The van der Waals surface area contributed by atoms with Crippen molar-refractivity contribution in [1.29, 1.82) is 0 Å². The first-order valence-electron chi connectivity index (χ1n) is 9.46. The number of hydrogen-bond acceptors (Lipinski definition) is 5. The molecule has 1 amide bonds. The first-order valence-corrected chi connectivity index (χ1v) is 11.4. The number of methoxy groups -OCH3 is 1. The van der Waals surface area contributed by atoms with Crippen LogP contribution in [0.25, 0.3) is 6.08 Å². The summed E-state index contributed by atoms with van der Waals surface area (Å²) in [6.45, 7) is 2.73. The van der Waals surface area contributed by atoms with Gasteiger partial charge in [-0.1, -0.05) is 24.4 Å². The zero-order valence-electron chi connectivity index (χ0n) is 17.0. The average Bonchev–Trinajstić information content (AvgIpc) is 3.03. The lowest BCUT2D eigenvalue weighted by Crippen LogP contribution is -2.29. The second-order valence-electron chi connectivity index (χ2n) is 6.47. The topological polar surface area (TPSA) is 51.1 Å². The highest BCUT2D eigenvalue weighted by atomic mass is 79.9. The van der Waals surface area contributed by atoms with E-state index < -0.39 is 0 Å². The predicted octanol–water partition coefficient (Wildman–Crippen LogP) is 6.14. The van der Waals surface area contributed by atoms with Crippen LogP contribution in [0.3, 0.4) is 0 Å². The molecule has 1 heterocycles. The standard InChI is InChI=1S/C23H20BrClN2O3S/c1-4-10-27-22(28)20(31-23(27)26-17-8-6-16(25)7-9-17)14-15-12-18(24)21(30-11-5-2)19(13-15)29-3/h2,6-9,12-14H,4,10-11H2,1,3H3/b20-14-,26-23?. The van der Waals surface area contributed by atoms with E-state index in [0.29, 0.717) is 37.6 Å². The van der Waals surface area contributed by atoms with Gasteiger partial charge < -0.3 is 9.47 Å². The SMILES string of the molecule is C#CCOc1c(Br)cc(/C=C2\SC(=Nc3ccc(Cl)cc3)N(CCC)C2=O)cc1OC. The minimum Gasteiger partial charge on any atom is -0.493 e. The molecule has 0 spiro atoms. The van der Waals surface area contributed by atoms with E-state index in [1.54, 1.807) is 30.2 Å². The van der Waals surface area contributed by atoms with E-state index in [1.807, 2.05) is 31.2 Å². The highest BCUT2D eigenvalue weighted by Gasteiger charge is 2.32. The third-order valence-electron chi connectivity index (χ3n) is 4.24. The first kappa shape index (κ1) is 23.3. The van der Waals surface area contributed by atoms with E-state index in [2.05, 4.69) is 26.8 Å². The number of nitrogens with zero attached hydrogens (tertiary/aromatic N) is 2. The number of carbonyl (C=O) groups is 1. The molecule has 8 heteroatoms. The van der Waals surface area contributed by atoms with Crippen LogP contribution in [0.15, 0.2) is 50.8 Å². The van der Waals surface area contributed by atoms with Crippen LogP contribution >= 0.6 is 39.3 Å². The maximum Gasteiger partial charge on any atom is 0.266 e. The number of terminal acetylenes is 1. The van der Waals surface area contributed by atoms with Crippen molar-refractivity contribution >= 4 is 62.1 Å². The lowest BCUT2D eigenvalue weighted by Gasteiger charge is -2.14. The third-order valence-corrected chi connectivity index (χ3v) is 6.08. The molecule has 0 atom stereocenters. The lowest BCUT2D eigenvalue weighted by molar-refractivity contribution is -0.122. The molecule has 0 saturated carbocycles. The molecule has 0 radical (unpaired) electrons. The fourth-order valence-corrected chi connectivity index (χ4v) is 4.59. The third kappa shape index (κ3) is 5.65. The summed E-state index contributed by atoms with van der Waals surface area (Å²) < 4.78 is 11.7. The smallest absolute Gasteiger partial charge is 0.266 e. The Morgan fingerprint density at radius 1 is 1.32 bits per heavy atom. The summed E-state index contributed by atoms with van der Waals surface area (Å²) >= 11 is 10.8. The van der Waals surface area contributed by atoms with Gasteiger partial charge in [-0.05, 0) is 82.2 Å². The van der Waals surface area contributed by atoms with Gasteiger partial charge in [-0.2, -0.15) is 0 Å². The number of thioether (sulfide) groups is 1. The Hall–Kier alpha value is -2.40. The van der Waals surface area contributed by atoms with Gasteiger partial charge in [0.2, 0.25) is 0 Å². The molecular weight excluding hydrogens is 500 g/mol. The van der Waals surface area contributed by atoms with E-state index in [-0.39, 0.29) is 12.5 Å². The molecule has 2 aromatic carbocycles. The van der Waals surface area contributed by atoms with Crippen molar-refractivity contribution in [3.63, 3.8) is 0 Å². The van der Waals surface area contributed by atoms with Gasteiger partial charge >= 0.3 is 0 Å². The number of halogens is 2. The molecule has 1 aliphatic rings. The molecule has 1 saturated heterocycles. The Bertz CT molecular complexity index is 1080. The zero-order chi connectivity index (χ0) is 22.4. The number of ether oxygens (including phenoxy) is 2. The maximum absolute atomic E-state index is 13.0. The molecule has 3 rings (SSSR count). The van der Waals surface area contributed by atoms with Crippen LogP contribution in [0.1, 0.15) is 18.9 Å². The normalized spacial score (nSPS) is 16.1. The fourth-order valence-electron chi connectivity index (χ4n) is 2.87. The monoisotopic (exact) mass is 518 g/mol. The van der Waals surface area contributed by atoms with Crippen molar-refractivity contribution < 1.29 is 14.3 Å². The van der Waals surface area contributed by atoms with Crippen LogP contribution in [-0.2, 0) is 4.79 Å². The zero-order valence-corrected chi connectivity index (χ0v) is 20.2. The second-order valence-corrected chi connectivity index (χ2v) is 8.77. The number of benzene rings is 2. The lowest BCUT2D eigenvalue weighted by atomic mass is 10.2. The second kappa shape index (κ2) is 10.8. The molecule has 5 nitrogen and oxygen atoms in total. The van der Waals surface area contributed by atoms with Gasteiger partial charge in [-0.3, -0.25) is 9.69 Å². The predicted molar refractivity (Wildman–Crippen MR) is 131 cm³/mol. The van der Waals surface area contributed by atoms with Crippen molar-refractivity contribution in [3.05, 3.63) is 56.4 Å². The van der Waals surface area contributed by atoms with Gasteiger partial charge in [0.15, 0.2) is 16.7 Å². The van der Waals surface area contributed by atoms with E-state index >= 15 is 0 Å². The summed E-state index contributed by atoms with van der Waals surface area (Å²) in [5, 5.41) is 1.28. The highest BCUT2D eigenvalue weighted by Crippen LogP contribution is 2.39. The molecule has 1 aliphatic heterocycles. The largest absolute Gasteiger partial charge is 0.493 e. The number of rotatable bonds is 7. The molecule has 0 N–H and O–H groups in total. The van der Waals surface area contributed by atoms with Crippen molar-refractivity contribution in [3.8, 4) is 23.8 Å². The van der Waals surface area contributed by atoms with Crippen LogP contribution in [0.5, 0.6) is 11.5 Å². The van der Waals surface area contributed by atoms with Crippen molar-refractivity contribution in [2.24, 2.45) is 4.99 Å². The number of amidine groups is 1. The minimum atomic E-state index is -0.0812. The van der Waals surface area contributed by atoms with Crippen molar-refractivity contribution in [2.45, 2.75) is 13.3 Å². The van der Waals surface area contributed by atoms with Crippen molar-refractivity contribution in [1.82, 2.24) is 4.90 Å². The first-order chi connectivity index (χ1) is 15.0. The molecule has 0 unspecified atom stereocenters. The molecule has 31 heavy (non-hydrogen) atoms. The Balaban J connectivity index is 1.95. The van der Waals surface area contributed by atoms with Crippen LogP contribution in [0, 0.1) is 12.3 Å². The maximum atomic E-state index is 13.0. The van der Waals surface area contributed by atoms with Gasteiger partial charge in [0, 0.05) is 11.6 Å². The average molecular weight is 520 g/mol. The molecular formula is C23H20BrClN2O3S. The Labute approximate surface area is 199 Å². The van der Waals surface area contributed by atoms with Crippen LogP contribution in [-0.4, -0.2) is 36.2 Å². The number of carbonyl (C=O) groups excluding carboxylic acids is 1. The number of amides is 1. The molecule has 0 aliphatic carbocycles. The molecule has 0 bridgehead atoms. The minimum absolute atomic E-state index is 0.0812. The summed E-state index contributed by atoms with van der Waals surface area (Å²) in [4.78, 5) is 20.0.